The van der Waals surface area contributed by atoms with Gasteiger partial charge in [0.15, 0.2) is 5.03 Å². The van der Waals surface area contributed by atoms with Gasteiger partial charge in [-0.3, -0.25) is 0 Å². The van der Waals surface area contributed by atoms with Crippen molar-refractivity contribution in [1.82, 2.24) is 18.8 Å². The maximum absolute atomic E-state index is 12.8. The number of anilines is 1. The van der Waals surface area contributed by atoms with Crippen LogP contribution in [0.15, 0.2) is 41.8 Å². The molecule has 1 aromatic carbocycles. The molecule has 0 aliphatic carbocycles. The van der Waals surface area contributed by atoms with Crippen molar-refractivity contribution in [1.29, 1.82) is 0 Å². The fourth-order valence-electron chi connectivity index (χ4n) is 4.32. The molecule has 1 aromatic heterocycles. The van der Waals surface area contributed by atoms with Crippen LogP contribution in [0.1, 0.15) is 24.8 Å². The predicted octanol–water partition coefficient (Wildman–Crippen LogP) is 3.15. The number of imidazole rings is 1. The van der Waals surface area contributed by atoms with Crippen molar-refractivity contribution in [2.45, 2.75) is 30.5 Å². The molecule has 2 fully saturated rings. The van der Waals surface area contributed by atoms with Crippen molar-refractivity contribution in [3.8, 4) is 0 Å². The van der Waals surface area contributed by atoms with Crippen LogP contribution in [0.2, 0.25) is 0 Å². The highest BCUT2D eigenvalue weighted by molar-refractivity contribution is 7.89. The molecule has 3 heterocycles. The molecular formula is C20H24F3N5O3S. The second-order valence-electron chi connectivity index (χ2n) is 8.46. The zero-order chi connectivity index (χ0) is 23.1. The number of urea groups is 1. The highest BCUT2D eigenvalue weighted by Gasteiger charge is 2.44. The number of rotatable bonds is 3. The molecular weight excluding hydrogens is 447 g/mol. The first-order valence-electron chi connectivity index (χ1n) is 10.2. The Morgan fingerprint density at radius 1 is 1.09 bits per heavy atom. The van der Waals surface area contributed by atoms with E-state index < -0.39 is 21.8 Å². The Morgan fingerprint density at radius 2 is 1.72 bits per heavy atom. The lowest BCUT2D eigenvalue weighted by Gasteiger charge is -2.38. The van der Waals surface area contributed by atoms with Gasteiger partial charge in [-0.25, -0.2) is 18.2 Å². The number of likely N-dealkylation sites (tertiary alicyclic amines) is 1. The van der Waals surface area contributed by atoms with Gasteiger partial charge in [0.1, 0.15) is 0 Å². The summed E-state index contributed by atoms with van der Waals surface area (Å²) in [4.78, 5) is 18.2. The first-order chi connectivity index (χ1) is 15.0. The maximum Gasteiger partial charge on any atom is 0.416 e. The summed E-state index contributed by atoms with van der Waals surface area (Å²) in [6, 6.07) is 3.95. The van der Waals surface area contributed by atoms with E-state index in [0.717, 1.165) is 18.6 Å². The molecule has 32 heavy (non-hydrogen) atoms. The molecule has 4 rings (SSSR count). The third-order valence-corrected chi connectivity index (χ3v) is 8.04. The fraction of sp³-hybridized carbons (Fsp3) is 0.500. The second kappa shape index (κ2) is 8.07. The van der Waals surface area contributed by atoms with E-state index in [1.165, 1.54) is 29.0 Å². The molecule has 1 spiro atoms. The van der Waals surface area contributed by atoms with E-state index in [9.17, 15) is 26.4 Å². The number of halogens is 3. The summed E-state index contributed by atoms with van der Waals surface area (Å²) in [6.45, 7) is 1.71. The number of amides is 2. The molecule has 2 aliphatic rings. The maximum atomic E-state index is 12.8. The smallest absolute Gasteiger partial charge is 0.339 e. The van der Waals surface area contributed by atoms with Gasteiger partial charge in [-0.1, -0.05) is 0 Å². The summed E-state index contributed by atoms with van der Waals surface area (Å²) >= 11 is 0. The second-order valence-corrected chi connectivity index (χ2v) is 10.3. The van der Waals surface area contributed by atoms with Gasteiger partial charge in [0.25, 0.3) is 10.0 Å². The molecule has 0 bridgehead atoms. The van der Waals surface area contributed by atoms with E-state index in [2.05, 4.69) is 10.3 Å². The minimum Gasteiger partial charge on any atom is -0.339 e. The van der Waals surface area contributed by atoms with Crippen molar-refractivity contribution in [2.24, 2.45) is 12.5 Å². The molecule has 8 nitrogen and oxygen atoms in total. The van der Waals surface area contributed by atoms with Crippen LogP contribution in [-0.2, 0) is 23.2 Å². The van der Waals surface area contributed by atoms with Gasteiger partial charge in [0.05, 0.1) is 11.9 Å². The van der Waals surface area contributed by atoms with Gasteiger partial charge in [-0.2, -0.15) is 17.5 Å². The number of hydrogen-bond acceptors (Lipinski definition) is 4. The molecule has 2 aliphatic heterocycles. The molecule has 0 saturated carbocycles. The first kappa shape index (κ1) is 22.6. The first-order valence-corrected chi connectivity index (χ1v) is 11.6. The highest BCUT2D eigenvalue weighted by Crippen LogP contribution is 2.41. The van der Waals surface area contributed by atoms with E-state index in [1.54, 1.807) is 16.5 Å². The van der Waals surface area contributed by atoms with Gasteiger partial charge in [0, 0.05) is 45.1 Å². The molecule has 2 aromatic rings. The number of benzene rings is 1. The summed E-state index contributed by atoms with van der Waals surface area (Å²) in [7, 11) is -1.94. The number of carbonyl (C=O) groups is 1. The third kappa shape index (κ3) is 4.46. The Morgan fingerprint density at radius 3 is 2.28 bits per heavy atom. The lowest BCUT2D eigenvalue weighted by molar-refractivity contribution is -0.137. The van der Waals surface area contributed by atoms with E-state index in [-0.39, 0.29) is 16.5 Å². The monoisotopic (exact) mass is 471 g/mol. The minimum atomic E-state index is -4.43. The largest absolute Gasteiger partial charge is 0.416 e. The van der Waals surface area contributed by atoms with Crippen LogP contribution >= 0.6 is 0 Å². The summed E-state index contributed by atoms with van der Waals surface area (Å²) in [6.07, 6.45) is 0.505. The fourth-order valence-corrected chi connectivity index (χ4v) is 5.72. The van der Waals surface area contributed by atoms with Crippen molar-refractivity contribution in [2.75, 3.05) is 31.5 Å². The van der Waals surface area contributed by atoms with Crippen LogP contribution in [0.4, 0.5) is 23.7 Å². The standard InChI is InChI=1S/C20H24F3N5O3S/c1-26-12-17(24-14-26)32(30,31)28-10-7-19(8-11-28)6-9-27(13-19)18(29)25-16-4-2-15(3-5-16)20(21,22)23/h2-5,12,14H,6-11,13H2,1H3,(H,25,29). The van der Waals surface area contributed by atoms with Crippen LogP contribution in [0, 0.1) is 5.41 Å². The molecule has 174 valence electrons. The zero-order valence-corrected chi connectivity index (χ0v) is 18.3. The van der Waals surface area contributed by atoms with E-state index in [4.69, 9.17) is 0 Å². The number of hydrogen-bond donors (Lipinski definition) is 1. The zero-order valence-electron chi connectivity index (χ0n) is 17.5. The van der Waals surface area contributed by atoms with Gasteiger partial charge in [-0.15, -0.1) is 0 Å². The van der Waals surface area contributed by atoms with E-state index in [1.807, 2.05) is 0 Å². The summed E-state index contributed by atoms with van der Waals surface area (Å²) in [5.74, 6) is 0. The van der Waals surface area contributed by atoms with Gasteiger partial charge >= 0.3 is 12.2 Å². The van der Waals surface area contributed by atoms with Crippen molar-refractivity contribution in [3.05, 3.63) is 42.4 Å². The Bertz CT molecular complexity index is 1090. The Balaban J connectivity index is 1.34. The van der Waals surface area contributed by atoms with Gasteiger partial charge in [-0.05, 0) is 48.9 Å². The molecule has 0 unspecified atom stereocenters. The molecule has 0 radical (unpaired) electrons. The van der Waals surface area contributed by atoms with Gasteiger partial charge < -0.3 is 14.8 Å². The number of sulfonamides is 1. The average Bonchev–Trinajstić information content (AvgIpc) is 3.35. The number of alkyl halides is 3. The summed E-state index contributed by atoms with van der Waals surface area (Å²) < 4.78 is 66.6. The minimum absolute atomic E-state index is 0.0277. The van der Waals surface area contributed by atoms with E-state index in [0.29, 0.717) is 44.7 Å². The SMILES string of the molecule is Cn1cnc(S(=O)(=O)N2CCC3(CCN(C(=O)Nc4ccc(C(F)(F)F)cc4)C3)CC2)c1. The molecule has 2 amide bonds. The Kier molecular flexibility index (Phi) is 5.70. The van der Waals surface area contributed by atoms with Crippen molar-refractivity contribution >= 4 is 21.7 Å². The number of carbonyl (C=O) groups excluding carboxylic acids is 1. The number of piperidine rings is 1. The highest BCUT2D eigenvalue weighted by atomic mass is 32.2. The number of nitrogens with zero attached hydrogens (tertiary/aromatic N) is 4. The van der Waals surface area contributed by atoms with Crippen molar-refractivity contribution in [3.63, 3.8) is 0 Å². The average molecular weight is 472 g/mol. The summed E-state index contributed by atoms with van der Waals surface area (Å²) in [5, 5.41) is 2.67. The normalized spacial score (nSPS) is 19.4. The lowest BCUT2D eigenvalue weighted by Crippen LogP contribution is -2.45. The number of aryl methyl sites for hydroxylation is 1. The Hall–Kier alpha value is -2.60. The predicted molar refractivity (Wildman–Crippen MR) is 110 cm³/mol. The van der Waals surface area contributed by atoms with Crippen molar-refractivity contribution < 1.29 is 26.4 Å². The van der Waals surface area contributed by atoms with Crippen LogP contribution in [-0.4, -0.2) is 59.4 Å². The quantitative estimate of drug-likeness (QED) is 0.745. The van der Waals surface area contributed by atoms with Crippen LogP contribution in [0.3, 0.4) is 0 Å². The van der Waals surface area contributed by atoms with Gasteiger partial charge in [0.2, 0.25) is 0 Å². The molecule has 1 N–H and O–H groups in total. The number of aromatic nitrogens is 2. The molecule has 2 saturated heterocycles. The van der Waals surface area contributed by atoms with Crippen LogP contribution < -0.4 is 5.32 Å². The Labute approximate surface area is 184 Å². The van der Waals surface area contributed by atoms with Crippen LogP contribution in [0.25, 0.3) is 0 Å². The number of nitrogens with one attached hydrogen (secondary N) is 1. The summed E-state index contributed by atoms with van der Waals surface area (Å²) in [5.41, 5.74) is -0.642. The third-order valence-electron chi connectivity index (χ3n) is 6.26. The van der Waals surface area contributed by atoms with E-state index >= 15 is 0 Å². The van der Waals surface area contributed by atoms with Crippen LogP contribution in [0.5, 0.6) is 0 Å². The molecule has 12 heteroatoms. The topological polar surface area (TPSA) is 87.5 Å². The molecule has 0 atom stereocenters. The lowest BCUT2D eigenvalue weighted by atomic mass is 9.78.